The van der Waals surface area contributed by atoms with Crippen LogP contribution in [0.5, 0.6) is 0 Å². The van der Waals surface area contributed by atoms with Crippen molar-refractivity contribution in [1.29, 1.82) is 0 Å². The van der Waals surface area contributed by atoms with E-state index in [1.807, 2.05) is 30.3 Å². The van der Waals surface area contributed by atoms with Gasteiger partial charge in [-0.05, 0) is 54.3 Å². The van der Waals surface area contributed by atoms with E-state index in [0.29, 0.717) is 28.4 Å². The Morgan fingerprint density at radius 3 is 2.66 bits per heavy atom. The summed E-state index contributed by atoms with van der Waals surface area (Å²) in [5, 5.41) is 5.33. The smallest absolute Gasteiger partial charge is 0.333 e. The predicted octanol–water partition coefficient (Wildman–Crippen LogP) is 4.82. The van der Waals surface area contributed by atoms with Gasteiger partial charge in [-0.2, -0.15) is 8.42 Å². The number of terminal acetylenes is 1. The Kier molecular flexibility index (Phi) is 5.82. The summed E-state index contributed by atoms with van der Waals surface area (Å²) in [6, 6.07) is 10.8. The summed E-state index contributed by atoms with van der Waals surface area (Å²) in [7, 11) is -4.92. The molecule has 5 aromatic rings. The molecule has 0 saturated carbocycles. The van der Waals surface area contributed by atoms with E-state index >= 15 is 0 Å². The van der Waals surface area contributed by atoms with Crippen LogP contribution in [0.1, 0.15) is 36.9 Å². The number of hydrogen-bond acceptors (Lipinski definition) is 5. The molecule has 7 nitrogen and oxygen atoms in total. The summed E-state index contributed by atoms with van der Waals surface area (Å²) in [6.07, 6.45) is 10.6. The van der Waals surface area contributed by atoms with E-state index in [-0.39, 0.29) is 11.5 Å². The number of halogens is 1. The minimum Gasteiger partial charge on any atom is -0.340 e. The molecule has 2 N–H and O–H groups in total. The highest BCUT2D eigenvalue weighted by atomic mass is 32.3. The minimum atomic E-state index is -4.92. The molecule has 0 amide bonds. The van der Waals surface area contributed by atoms with E-state index in [2.05, 4.69) is 32.7 Å². The number of aromatic amines is 1. The van der Waals surface area contributed by atoms with Crippen LogP contribution in [-0.4, -0.2) is 36.0 Å². The molecule has 0 spiro atoms. The summed E-state index contributed by atoms with van der Waals surface area (Å²) >= 11 is 0. The standard InChI is InChI=1S/C29H25FN4O3S/c1-3-5-6-18-11-24-26(12-23(18)19-10-21(16-31-13-19)38(30,36)37)34(20-14-32-15-20)29-27(28(24)35)22-8-7-17(4-2)9-25(22)33-29/h2,7-13,16,20,32-33H,3,5-6,14-15H2,1H3. The molecule has 38 heavy (non-hydrogen) atoms. The average molecular weight is 529 g/mol. The van der Waals surface area contributed by atoms with Gasteiger partial charge >= 0.3 is 10.2 Å². The fourth-order valence-electron chi connectivity index (χ4n) is 5.33. The number of unbranched alkanes of at least 4 members (excludes halogenated alkanes) is 1. The maximum Gasteiger partial charge on any atom is 0.333 e. The van der Waals surface area contributed by atoms with Crippen LogP contribution in [0.2, 0.25) is 0 Å². The number of benzene rings is 2. The lowest BCUT2D eigenvalue weighted by molar-refractivity contribution is 0.357. The van der Waals surface area contributed by atoms with Crippen molar-refractivity contribution in [2.24, 2.45) is 0 Å². The Balaban J connectivity index is 1.73. The summed E-state index contributed by atoms with van der Waals surface area (Å²) < 4.78 is 39.2. The number of pyridine rings is 2. The van der Waals surface area contributed by atoms with Crippen molar-refractivity contribution in [1.82, 2.24) is 19.9 Å². The minimum absolute atomic E-state index is 0.0826. The van der Waals surface area contributed by atoms with E-state index in [0.717, 1.165) is 65.2 Å². The van der Waals surface area contributed by atoms with Gasteiger partial charge in [0.1, 0.15) is 10.5 Å². The lowest BCUT2D eigenvalue weighted by Crippen LogP contribution is -2.44. The molecule has 0 bridgehead atoms. The topological polar surface area (TPSA) is 96.8 Å². The number of aryl methyl sites for hydroxylation is 1. The molecule has 0 aliphatic carbocycles. The molecule has 192 valence electrons. The molecular formula is C29H25FN4O3S. The molecule has 1 aliphatic heterocycles. The summed E-state index contributed by atoms with van der Waals surface area (Å²) in [6.45, 7) is 3.55. The first-order valence-electron chi connectivity index (χ1n) is 12.5. The van der Waals surface area contributed by atoms with Gasteiger partial charge in [0.05, 0.1) is 16.9 Å². The van der Waals surface area contributed by atoms with Crippen LogP contribution >= 0.6 is 0 Å². The van der Waals surface area contributed by atoms with E-state index in [1.54, 1.807) is 0 Å². The fraction of sp³-hybridized carbons (Fsp3) is 0.241. The Bertz CT molecular complexity index is 1960. The lowest BCUT2D eigenvalue weighted by Gasteiger charge is -2.32. The van der Waals surface area contributed by atoms with Gasteiger partial charge in [-0.3, -0.25) is 9.78 Å². The normalized spacial score (nSPS) is 14.2. The molecule has 2 aromatic carbocycles. The van der Waals surface area contributed by atoms with Crippen molar-refractivity contribution in [2.45, 2.75) is 37.1 Å². The quantitative estimate of drug-likeness (QED) is 0.243. The third-order valence-corrected chi connectivity index (χ3v) is 8.16. The number of H-pyrrole nitrogens is 1. The summed E-state index contributed by atoms with van der Waals surface area (Å²) in [4.78, 5) is 21.0. The lowest BCUT2D eigenvalue weighted by atomic mass is 9.94. The van der Waals surface area contributed by atoms with Crippen molar-refractivity contribution in [3.63, 3.8) is 0 Å². The van der Waals surface area contributed by atoms with Crippen molar-refractivity contribution in [2.75, 3.05) is 13.1 Å². The van der Waals surface area contributed by atoms with E-state index < -0.39 is 15.1 Å². The van der Waals surface area contributed by atoms with E-state index in [4.69, 9.17) is 6.42 Å². The second-order valence-electron chi connectivity index (χ2n) is 9.74. The third kappa shape index (κ3) is 3.88. The second-order valence-corrected chi connectivity index (χ2v) is 11.1. The first-order valence-corrected chi connectivity index (χ1v) is 13.9. The zero-order valence-electron chi connectivity index (χ0n) is 20.7. The first kappa shape index (κ1) is 24.3. The van der Waals surface area contributed by atoms with Crippen LogP contribution in [0, 0.1) is 12.3 Å². The Morgan fingerprint density at radius 2 is 1.97 bits per heavy atom. The van der Waals surface area contributed by atoms with Crippen LogP contribution in [0.15, 0.2) is 58.5 Å². The highest BCUT2D eigenvalue weighted by Gasteiger charge is 2.26. The zero-order chi connectivity index (χ0) is 26.6. The molecule has 6 rings (SSSR count). The van der Waals surface area contributed by atoms with Gasteiger partial charge in [0.15, 0.2) is 5.43 Å². The van der Waals surface area contributed by atoms with Gasteiger partial charge in [0.2, 0.25) is 0 Å². The molecule has 0 atom stereocenters. The Labute approximate surface area is 218 Å². The van der Waals surface area contributed by atoms with Crippen LogP contribution < -0.4 is 10.7 Å². The van der Waals surface area contributed by atoms with Gasteiger partial charge in [-0.25, -0.2) is 0 Å². The molecule has 0 radical (unpaired) electrons. The molecule has 0 unspecified atom stereocenters. The number of aromatic nitrogens is 3. The fourth-order valence-corrected chi connectivity index (χ4v) is 5.79. The Morgan fingerprint density at radius 1 is 1.16 bits per heavy atom. The highest BCUT2D eigenvalue weighted by molar-refractivity contribution is 7.86. The molecule has 1 aliphatic rings. The highest BCUT2D eigenvalue weighted by Crippen LogP contribution is 2.35. The Hall–Kier alpha value is -4.00. The van der Waals surface area contributed by atoms with Gasteiger partial charge in [0.25, 0.3) is 0 Å². The van der Waals surface area contributed by atoms with Gasteiger partial charge in [-0.1, -0.05) is 25.3 Å². The number of nitrogens with one attached hydrogen (secondary N) is 2. The van der Waals surface area contributed by atoms with Crippen LogP contribution in [-0.2, 0) is 16.6 Å². The largest absolute Gasteiger partial charge is 0.340 e. The number of nitrogens with zero attached hydrogens (tertiary/aromatic N) is 2. The average Bonchev–Trinajstić information content (AvgIpc) is 3.26. The maximum atomic E-state index is 14.0. The van der Waals surface area contributed by atoms with E-state index in [9.17, 15) is 17.1 Å². The molecule has 4 heterocycles. The number of fused-ring (bicyclic) bond motifs is 4. The molecule has 1 fully saturated rings. The van der Waals surface area contributed by atoms with Crippen molar-refractivity contribution in [3.8, 4) is 23.5 Å². The molecular weight excluding hydrogens is 503 g/mol. The zero-order valence-corrected chi connectivity index (χ0v) is 21.5. The van der Waals surface area contributed by atoms with Gasteiger partial charge in [-0.15, -0.1) is 10.3 Å². The SMILES string of the molecule is C#Cc1ccc2c(c1)[nH]c1c2c(=O)c2cc(CCCC)c(-c3cncc(S(=O)(=O)F)c3)cc2n1C1CNC1. The number of hydrogen-bond donors (Lipinski definition) is 2. The summed E-state index contributed by atoms with van der Waals surface area (Å²) in [5.74, 6) is 2.65. The monoisotopic (exact) mass is 528 g/mol. The maximum absolute atomic E-state index is 14.0. The van der Waals surface area contributed by atoms with Crippen molar-refractivity contribution in [3.05, 3.63) is 70.1 Å². The third-order valence-electron chi connectivity index (χ3n) is 7.37. The van der Waals surface area contributed by atoms with Crippen LogP contribution in [0.3, 0.4) is 0 Å². The molecule has 3 aromatic heterocycles. The molecule has 9 heteroatoms. The van der Waals surface area contributed by atoms with E-state index in [1.165, 1.54) is 12.3 Å². The molecule has 1 saturated heterocycles. The number of rotatable bonds is 6. The van der Waals surface area contributed by atoms with Crippen molar-refractivity contribution >= 4 is 43.1 Å². The summed E-state index contributed by atoms with van der Waals surface area (Å²) in [5.41, 5.74) is 4.97. The van der Waals surface area contributed by atoms with Gasteiger partial charge < -0.3 is 14.9 Å². The second kappa shape index (κ2) is 9.08. The van der Waals surface area contributed by atoms with Crippen LogP contribution in [0.25, 0.3) is 44.0 Å². The van der Waals surface area contributed by atoms with Gasteiger partial charge in [0, 0.05) is 52.9 Å². The first-order chi connectivity index (χ1) is 18.3. The predicted molar refractivity (Wildman–Crippen MR) is 148 cm³/mol. The van der Waals surface area contributed by atoms with Crippen LogP contribution in [0.4, 0.5) is 3.89 Å². The van der Waals surface area contributed by atoms with Crippen molar-refractivity contribution < 1.29 is 12.3 Å².